The quantitative estimate of drug-likeness (QED) is 0.790. The van der Waals surface area contributed by atoms with Crippen LogP contribution in [0.3, 0.4) is 0 Å². The van der Waals surface area contributed by atoms with Crippen molar-refractivity contribution in [1.82, 2.24) is 15.1 Å². The van der Waals surface area contributed by atoms with E-state index in [-0.39, 0.29) is 0 Å². The summed E-state index contributed by atoms with van der Waals surface area (Å²) < 4.78 is 2.12. The summed E-state index contributed by atoms with van der Waals surface area (Å²) >= 11 is 0. The number of aromatic nitrogens is 2. The van der Waals surface area contributed by atoms with Gasteiger partial charge in [-0.3, -0.25) is 4.68 Å². The normalized spacial score (nSPS) is 14.9. The van der Waals surface area contributed by atoms with Gasteiger partial charge in [-0.25, -0.2) is 0 Å². The third kappa shape index (κ3) is 4.15. The standard InChI is InChI=1S/C14H27N3/c1-6-8-15-13(5)11(3)9-14-10-12(4)16-17(14)7-2/h10-11,13,15H,6-9H2,1-5H3. The summed E-state index contributed by atoms with van der Waals surface area (Å²) in [7, 11) is 0. The molecule has 3 nitrogen and oxygen atoms in total. The lowest BCUT2D eigenvalue weighted by molar-refractivity contribution is 0.389. The summed E-state index contributed by atoms with van der Waals surface area (Å²) in [5.41, 5.74) is 2.49. The second-order valence-corrected chi connectivity index (χ2v) is 5.02. The van der Waals surface area contributed by atoms with Gasteiger partial charge >= 0.3 is 0 Å². The molecule has 1 N–H and O–H groups in total. The van der Waals surface area contributed by atoms with Crippen molar-refractivity contribution in [3.05, 3.63) is 17.5 Å². The first kappa shape index (κ1) is 14.2. The molecule has 3 heteroatoms. The number of hydrogen-bond acceptors (Lipinski definition) is 2. The van der Waals surface area contributed by atoms with Gasteiger partial charge < -0.3 is 5.32 Å². The van der Waals surface area contributed by atoms with E-state index in [4.69, 9.17) is 0 Å². The largest absolute Gasteiger partial charge is 0.314 e. The Labute approximate surface area is 106 Å². The van der Waals surface area contributed by atoms with Crippen LogP contribution in [0.15, 0.2) is 6.07 Å². The first-order chi connectivity index (χ1) is 8.08. The van der Waals surface area contributed by atoms with E-state index in [0.29, 0.717) is 12.0 Å². The second kappa shape index (κ2) is 6.80. The maximum atomic E-state index is 4.50. The van der Waals surface area contributed by atoms with E-state index in [2.05, 4.69) is 55.8 Å². The molecule has 2 atom stereocenters. The predicted molar refractivity (Wildman–Crippen MR) is 73.3 cm³/mol. The van der Waals surface area contributed by atoms with E-state index in [0.717, 1.165) is 25.2 Å². The van der Waals surface area contributed by atoms with Gasteiger partial charge in [0, 0.05) is 18.3 Å². The predicted octanol–water partition coefficient (Wildman–Crippen LogP) is 2.78. The summed E-state index contributed by atoms with van der Waals surface area (Å²) in [6.07, 6.45) is 2.30. The molecule has 0 spiro atoms. The first-order valence-corrected chi connectivity index (χ1v) is 6.85. The molecule has 1 rings (SSSR count). The highest BCUT2D eigenvalue weighted by Crippen LogP contribution is 2.13. The van der Waals surface area contributed by atoms with Crippen molar-refractivity contribution in [2.24, 2.45) is 5.92 Å². The topological polar surface area (TPSA) is 29.9 Å². The Kier molecular flexibility index (Phi) is 5.69. The van der Waals surface area contributed by atoms with E-state index in [1.165, 1.54) is 12.1 Å². The van der Waals surface area contributed by atoms with Crippen LogP contribution in [-0.2, 0) is 13.0 Å². The van der Waals surface area contributed by atoms with Crippen molar-refractivity contribution in [3.63, 3.8) is 0 Å². The Bertz CT molecular complexity index is 330. The van der Waals surface area contributed by atoms with Crippen LogP contribution in [0.5, 0.6) is 0 Å². The minimum atomic E-state index is 0.565. The monoisotopic (exact) mass is 237 g/mol. The maximum absolute atomic E-state index is 4.50. The van der Waals surface area contributed by atoms with Crippen LogP contribution in [-0.4, -0.2) is 22.4 Å². The Hall–Kier alpha value is -0.830. The fourth-order valence-electron chi connectivity index (χ4n) is 2.12. The molecule has 1 aromatic rings. The summed E-state index contributed by atoms with van der Waals surface area (Å²) in [5, 5.41) is 8.07. The second-order valence-electron chi connectivity index (χ2n) is 5.02. The van der Waals surface area contributed by atoms with Gasteiger partial charge in [-0.1, -0.05) is 13.8 Å². The fourth-order valence-corrected chi connectivity index (χ4v) is 2.12. The molecule has 0 saturated carbocycles. The van der Waals surface area contributed by atoms with Gasteiger partial charge in [-0.05, 0) is 52.1 Å². The van der Waals surface area contributed by atoms with Gasteiger partial charge in [0.1, 0.15) is 0 Å². The molecule has 0 aromatic carbocycles. The smallest absolute Gasteiger partial charge is 0.0596 e. The molecule has 0 radical (unpaired) electrons. The van der Waals surface area contributed by atoms with Crippen LogP contribution >= 0.6 is 0 Å². The van der Waals surface area contributed by atoms with Crippen molar-refractivity contribution in [2.75, 3.05) is 6.54 Å². The van der Waals surface area contributed by atoms with Crippen molar-refractivity contribution in [2.45, 2.75) is 60.0 Å². The minimum absolute atomic E-state index is 0.565. The lowest BCUT2D eigenvalue weighted by Gasteiger charge is -2.21. The molecule has 1 aromatic heterocycles. The van der Waals surface area contributed by atoms with Crippen LogP contribution in [0, 0.1) is 12.8 Å². The number of nitrogens with zero attached hydrogens (tertiary/aromatic N) is 2. The van der Waals surface area contributed by atoms with Gasteiger partial charge in [0.15, 0.2) is 0 Å². The molecule has 0 amide bonds. The highest BCUT2D eigenvalue weighted by atomic mass is 15.3. The van der Waals surface area contributed by atoms with Gasteiger partial charge in [0.25, 0.3) is 0 Å². The fraction of sp³-hybridized carbons (Fsp3) is 0.786. The number of hydrogen-bond donors (Lipinski definition) is 1. The van der Waals surface area contributed by atoms with Crippen molar-refractivity contribution in [3.8, 4) is 0 Å². The highest BCUT2D eigenvalue weighted by Gasteiger charge is 2.14. The maximum Gasteiger partial charge on any atom is 0.0596 e. The third-order valence-electron chi connectivity index (χ3n) is 3.39. The molecular formula is C14H27N3. The van der Waals surface area contributed by atoms with Crippen LogP contribution in [0.4, 0.5) is 0 Å². The van der Waals surface area contributed by atoms with Gasteiger partial charge in [-0.15, -0.1) is 0 Å². The zero-order valence-electron chi connectivity index (χ0n) is 12.0. The summed E-state index contributed by atoms with van der Waals surface area (Å²) in [4.78, 5) is 0. The van der Waals surface area contributed by atoms with Crippen molar-refractivity contribution < 1.29 is 0 Å². The van der Waals surface area contributed by atoms with E-state index in [9.17, 15) is 0 Å². The lowest BCUT2D eigenvalue weighted by atomic mass is 9.97. The molecule has 0 aliphatic heterocycles. The van der Waals surface area contributed by atoms with E-state index >= 15 is 0 Å². The summed E-state index contributed by atoms with van der Waals surface area (Å²) in [5.74, 6) is 0.642. The molecule has 98 valence electrons. The molecule has 0 aliphatic rings. The molecule has 17 heavy (non-hydrogen) atoms. The molecular weight excluding hydrogens is 210 g/mol. The molecule has 1 heterocycles. The Balaban J connectivity index is 2.57. The van der Waals surface area contributed by atoms with Gasteiger partial charge in [-0.2, -0.15) is 5.10 Å². The SMILES string of the molecule is CCCNC(C)C(C)Cc1cc(C)nn1CC. The molecule has 0 bridgehead atoms. The zero-order valence-corrected chi connectivity index (χ0v) is 12.0. The molecule has 0 fully saturated rings. The van der Waals surface area contributed by atoms with Crippen LogP contribution < -0.4 is 5.32 Å². The first-order valence-electron chi connectivity index (χ1n) is 6.85. The lowest BCUT2D eigenvalue weighted by Crippen LogP contribution is -2.34. The number of aryl methyl sites for hydroxylation is 2. The average Bonchev–Trinajstić information content (AvgIpc) is 2.66. The number of nitrogens with one attached hydrogen (secondary N) is 1. The minimum Gasteiger partial charge on any atom is -0.314 e. The summed E-state index contributed by atoms with van der Waals surface area (Å²) in [6.45, 7) is 13.1. The Morgan fingerprint density at radius 2 is 2.06 bits per heavy atom. The van der Waals surface area contributed by atoms with Crippen LogP contribution in [0.25, 0.3) is 0 Å². The van der Waals surface area contributed by atoms with E-state index in [1.807, 2.05) is 0 Å². The number of rotatable bonds is 7. The van der Waals surface area contributed by atoms with Crippen LogP contribution in [0.2, 0.25) is 0 Å². The Morgan fingerprint density at radius 1 is 1.35 bits per heavy atom. The van der Waals surface area contributed by atoms with E-state index < -0.39 is 0 Å². The van der Waals surface area contributed by atoms with Crippen molar-refractivity contribution >= 4 is 0 Å². The van der Waals surface area contributed by atoms with Crippen molar-refractivity contribution in [1.29, 1.82) is 0 Å². The highest BCUT2D eigenvalue weighted by molar-refractivity contribution is 5.10. The zero-order chi connectivity index (χ0) is 12.8. The summed E-state index contributed by atoms with van der Waals surface area (Å²) in [6, 6.07) is 2.78. The average molecular weight is 237 g/mol. The molecule has 2 unspecified atom stereocenters. The molecule has 0 saturated heterocycles. The van der Waals surface area contributed by atoms with Gasteiger partial charge in [0.05, 0.1) is 5.69 Å². The third-order valence-corrected chi connectivity index (χ3v) is 3.39. The van der Waals surface area contributed by atoms with Gasteiger partial charge in [0.2, 0.25) is 0 Å². The van der Waals surface area contributed by atoms with Crippen LogP contribution in [0.1, 0.15) is 45.5 Å². The molecule has 0 aliphatic carbocycles. The van der Waals surface area contributed by atoms with E-state index in [1.54, 1.807) is 0 Å². The Morgan fingerprint density at radius 3 is 2.65 bits per heavy atom.